The fourth-order valence-corrected chi connectivity index (χ4v) is 1.44. The van der Waals surface area contributed by atoms with Crippen molar-refractivity contribution in [3.05, 3.63) is 0 Å². The third kappa shape index (κ3) is 17.3. The summed E-state index contributed by atoms with van der Waals surface area (Å²) < 4.78 is 21.2. The van der Waals surface area contributed by atoms with Gasteiger partial charge in [0.2, 0.25) is 0 Å². The van der Waals surface area contributed by atoms with Gasteiger partial charge >= 0.3 is 5.97 Å². The molecule has 0 aliphatic carbocycles. The van der Waals surface area contributed by atoms with E-state index in [2.05, 4.69) is 0 Å². The summed E-state index contributed by atoms with van der Waals surface area (Å²) in [5.74, 6) is -0.183. The van der Waals surface area contributed by atoms with Gasteiger partial charge in [-0.2, -0.15) is 0 Å². The van der Waals surface area contributed by atoms with Crippen LogP contribution in [0.4, 0.5) is 0 Å². The first-order valence-electron chi connectivity index (χ1n) is 7.61. The first-order valence-corrected chi connectivity index (χ1v) is 7.61. The molecule has 0 atom stereocenters. The molecule has 0 saturated heterocycles. The van der Waals surface area contributed by atoms with E-state index in [1.807, 2.05) is 20.8 Å². The second kappa shape index (κ2) is 13.0. The Labute approximate surface area is 128 Å². The van der Waals surface area contributed by atoms with Crippen LogP contribution in [0.5, 0.6) is 0 Å². The van der Waals surface area contributed by atoms with Gasteiger partial charge in [0, 0.05) is 19.6 Å². The molecule has 0 amide bonds. The van der Waals surface area contributed by atoms with Crippen LogP contribution in [0.2, 0.25) is 0 Å². The van der Waals surface area contributed by atoms with Gasteiger partial charge in [-0.15, -0.1) is 0 Å². The van der Waals surface area contributed by atoms with Crippen molar-refractivity contribution >= 4 is 5.97 Å². The lowest BCUT2D eigenvalue weighted by Crippen LogP contribution is -2.23. The van der Waals surface area contributed by atoms with Gasteiger partial charge in [-0.05, 0) is 40.2 Å². The summed E-state index contributed by atoms with van der Waals surface area (Å²) in [7, 11) is 0. The number of hydrogen-bond acceptors (Lipinski definition) is 6. The molecule has 0 aromatic carbocycles. The topological polar surface area (TPSA) is 80.0 Å². The average molecular weight is 305 g/mol. The van der Waals surface area contributed by atoms with Crippen LogP contribution in [0, 0.1) is 0 Å². The highest BCUT2D eigenvalue weighted by Gasteiger charge is 2.15. The molecule has 6 heteroatoms. The zero-order valence-corrected chi connectivity index (χ0v) is 13.7. The van der Waals surface area contributed by atoms with E-state index in [1.165, 1.54) is 0 Å². The summed E-state index contributed by atoms with van der Waals surface area (Å²) in [5.41, 5.74) is 4.92. The maximum Gasteiger partial charge on any atom is 0.306 e. The van der Waals surface area contributed by atoms with Gasteiger partial charge in [-0.3, -0.25) is 4.79 Å². The number of nitrogens with two attached hydrogens (primary N) is 1. The molecule has 126 valence electrons. The minimum Gasteiger partial charge on any atom is -0.460 e. The van der Waals surface area contributed by atoms with Crippen molar-refractivity contribution in [2.75, 3.05) is 46.2 Å². The Morgan fingerprint density at radius 1 is 0.857 bits per heavy atom. The van der Waals surface area contributed by atoms with E-state index in [9.17, 15) is 4.79 Å². The minimum atomic E-state index is -0.419. The Morgan fingerprint density at radius 3 is 1.81 bits per heavy atom. The van der Waals surface area contributed by atoms with Crippen LogP contribution in [-0.4, -0.2) is 57.8 Å². The van der Waals surface area contributed by atoms with E-state index >= 15 is 0 Å². The van der Waals surface area contributed by atoms with Crippen molar-refractivity contribution < 1.29 is 23.7 Å². The maximum absolute atomic E-state index is 11.4. The van der Waals surface area contributed by atoms with E-state index in [1.54, 1.807) is 0 Å². The summed E-state index contributed by atoms with van der Waals surface area (Å²) in [5, 5.41) is 0. The molecule has 0 bridgehead atoms. The molecule has 0 radical (unpaired) electrons. The van der Waals surface area contributed by atoms with E-state index < -0.39 is 5.60 Å². The highest BCUT2D eigenvalue weighted by molar-refractivity contribution is 5.69. The van der Waals surface area contributed by atoms with E-state index in [0.29, 0.717) is 59.0 Å². The monoisotopic (exact) mass is 305 g/mol. The van der Waals surface area contributed by atoms with Crippen LogP contribution in [0.25, 0.3) is 0 Å². The first-order chi connectivity index (χ1) is 9.95. The molecule has 21 heavy (non-hydrogen) atoms. The van der Waals surface area contributed by atoms with Crippen LogP contribution in [0.1, 0.15) is 40.0 Å². The lowest BCUT2D eigenvalue weighted by molar-refractivity contribution is -0.155. The van der Waals surface area contributed by atoms with E-state index in [4.69, 9.17) is 24.7 Å². The lowest BCUT2D eigenvalue weighted by atomic mass is 10.2. The largest absolute Gasteiger partial charge is 0.460 e. The van der Waals surface area contributed by atoms with Crippen LogP contribution >= 0.6 is 0 Å². The van der Waals surface area contributed by atoms with Crippen molar-refractivity contribution in [3.63, 3.8) is 0 Å². The van der Waals surface area contributed by atoms with Crippen molar-refractivity contribution in [1.29, 1.82) is 0 Å². The van der Waals surface area contributed by atoms with E-state index in [0.717, 1.165) is 6.42 Å². The summed E-state index contributed by atoms with van der Waals surface area (Å²) in [6, 6.07) is 0. The Hall–Kier alpha value is -0.690. The molecule has 0 aromatic rings. The molecule has 0 aromatic heterocycles. The van der Waals surface area contributed by atoms with Gasteiger partial charge in [0.1, 0.15) is 5.60 Å². The van der Waals surface area contributed by atoms with Crippen molar-refractivity contribution in [1.82, 2.24) is 0 Å². The SMILES string of the molecule is CC(C)(C)OC(=O)CCCOCCOCCOCCCN. The fraction of sp³-hybridized carbons (Fsp3) is 0.933. The molecule has 0 aliphatic heterocycles. The van der Waals surface area contributed by atoms with Crippen molar-refractivity contribution in [2.45, 2.75) is 45.6 Å². The molecular formula is C15H31NO5. The maximum atomic E-state index is 11.4. The van der Waals surface area contributed by atoms with Crippen LogP contribution in [0.15, 0.2) is 0 Å². The number of hydrogen-bond donors (Lipinski definition) is 1. The zero-order chi connectivity index (χ0) is 16.0. The zero-order valence-electron chi connectivity index (χ0n) is 13.7. The Kier molecular flexibility index (Phi) is 12.6. The second-order valence-electron chi connectivity index (χ2n) is 5.67. The highest BCUT2D eigenvalue weighted by atomic mass is 16.6. The van der Waals surface area contributed by atoms with Crippen LogP contribution in [-0.2, 0) is 23.7 Å². The Bertz CT molecular complexity index is 253. The Balaban J connectivity index is 3.17. The van der Waals surface area contributed by atoms with E-state index in [-0.39, 0.29) is 5.97 Å². The van der Waals surface area contributed by atoms with Gasteiger partial charge in [-0.1, -0.05) is 0 Å². The summed E-state index contributed by atoms with van der Waals surface area (Å²) in [6.45, 7) is 9.65. The molecule has 0 fully saturated rings. The third-order valence-corrected chi connectivity index (χ3v) is 2.33. The predicted octanol–water partition coefficient (Wildman–Crippen LogP) is 1.51. The molecule has 0 rings (SSSR count). The molecule has 6 nitrogen and oxygen atoms in total. The second-order valence-corrected chi connectivity index (χ2v) is 5.67. The summed E-state index contributed by atoms with van der Waals surface area (Å²) >= 11 is 0. The van der Waals surface area contributed by atoms with Crippen LogP contribution < -0.4 is 5.73 Å². The summed E-state index contributed by atoms with van der Waals surface area (Å²) in [4.78, 5) is 11.4. The summed E-state index contributed by atoms with van der Waals surface area (Å²) in [6.07, 6.45) is 1.92. The van der Waals surface area contributed by atoms with Crippen molar-refractivity contribution in [3.8, 4) is 0 Å². The van der Waals surface area contributed by atoms with Gasteiger partial charge in [-0.25, -0.2) is 0 Å². The van der Waals surface area contributed by atoms with Crippen LogP contribution in [0.3, 0.4) is 0 Å². The minimum absolute atomic E-state index is 0.183. The average Bonchev–Trinajstić information content (AvgIpc) is 2.38. The number of ether oxygens (including phenoxy) is 4. The number of esters is 1. The normalized spacial score (nSPS) is 11.6. The quantitative estimate of drug-likeness (QED) is 0.410. The molecule has 0 saturated carbocycles. The fourth-order valence-electron chi connectivity index (χ4n) is 1.44. The predicted molar refractivity (Wildman–Crippen MR) is 81.2 cm³/mol. The van der Waals surface area contributed by atoms with Gasteiger partial charge in [0.25, 0.3) is 0 Å². The van der Waals surface area contributed by atoms with Gasteiger partial charge < -0.3 is 24.7 Å². The number of carbonyl (C=O) groups excluding carboxylic acids is 1. The Morgan fingerprint density at radius 2 is 1.33 bits per heavy atom. The molecule has 0 aliphatic rings. The molecule has 2 N–H and O–H groups in total. The molecule has 0 unspecified atom stereocenters. The van der Waals surface area contributed by atoms with Crippen molar-refractivity contribution in [2.24, 2.45) is 5.73 Å². The lowest BCUT2D eigenvalue weighted by Gasteiger charge is -2.19. The number of rotatable bonds is 13. The molecular weight excluding hydrogens is 274 g/mol. The first kappa shape index (κ1) is 20.3. The molecule has 0 heterocycles. The van der Waals surface area contributed by atoms with Gasteiger partial charge in [0.05, 0.1) is 26.4 Å². The number of carbonyl (C=O) groups is 1. The standard InChI is InChI=1S/C15H31NO5/c1-15(2,3)21-14(17)6-4-8-18-10-12-20-13-11-19-9-5-7-16/h4-13,16H2,1-3H3. The molecule has 0 spiro atoms. The highest BCUT2D eigenvalue weighted by Crippen LogP contribution is 2.08. The smallest absolute Gasteiger partial charge is 0.306 e. The van der Waals surface area contributed by atoms with Gasteiger partial charge in [0.15, 0.2) is 0 Å². The third-order valence-electron chi connectivity index (χ3n) is 2.33.